The maximum atomic E-state index is 5.69. The van der Waals surface area contributed by atoms with E-state index in [1.807, 2.05) is 7.05 Å². The van der Waals surface area contributed by atoms with Gasteiger partial charge in [-0.15, -0.1) is 0 Å². The Balaban J connectivity index is 1.53. The highest BCUT2D eigenvalue weighted by atomic mass is 16.5. The van der Waals surface area contributed by atoms with Crippen LogP contribution in [0.3, 0.4) is 0 Å². The molecule has 1 unspecified atom stereocenters. The van der Waals surface area contributed by atoms with Crippen LogP contribution in [-0.4, -0.2) is 68.9 Å². The van der Waals surface area contributed by atoms with Gasteiger partial charge in [0.2, 0.25) is 0 Å². The number of hydrogen-bond acceptors (Lipinski definition) is 4. The lowest BCUT2D eigenvalue weighted by Crippen LogP contribution is -2.59. The van der Waals surface area contributed by atoms with Crippen LogP contribution in [0.15, 0.2) is 35.3 Å². The van der Waals surface area contributed by atoms with Crippen molar-refractivity contribution < 1.29 is 4.74 Å². The third-order valence-electron chi connectivity index (χ3n) is 6.64. The zero-order chi connectivity index (χ0) is 22.1. The van der Waals surface area contributed by atoms with E-state index < -0.39 is 0 Å². The Hall–Kier alpha value is -1.63. The lowest BCUT2D eigenvalue weighted by Gasteiger charge is -2.41. The molecule has 2 fully saturated rings. The van der Waals surface area contributed by atoms with Crippen molar-refractivity contribution in [2.45, 2.75) is 64.1 Å². The van der Waals surface area contributed by atoms with Crippen LogP contribution < -0.4 is 16.0 Å². The highest BCUT2D eigenvalue weighted by molar-refractivity contribution is 5.80. The van der Waals surface area contributed by atoms with Crippen LogP contribution in [0.4, 0.5) is 0 Å². The van der Waals surface area contributed by atoms with Crippen molar-refractivity contribution in [3.63, 3.8) is 0 Å². The molecule has 0 bridgehead atoms. The van der Waals surface area contributed by atoms with E-state index in [1.54, 1.807) is 0 Å². The van der Waals surface area contributed by atoms with Crippen LogP contribution in [0.2, 0.25) is 0 Å². The number of aliphatic imine (C=N–C) groups is 1. The Kier molecular flexibility index (Phi) is 9.17. The summed E-state index contributed by atoms with van der Waals surface area (Å²) in [4.78, 5) is 7.11. The number of nitrogens with one attached hydrogen (secondary N) is 3. The first kappa shape index (κ1) is 24.0. The molecule has 6 nitrogen and oxygen atoms in total. The van der Waals surface area contributed by atoms with Gasteiger partial charge in [0.15, 0.2) is 5.96 Å². The first-order chi connectivity index (χ1) is 15.0. The summed E-state index contributed by atoms with van der Waals surface area (Å²) in [6.45, 7) is 12.9. The number of rotatable bonds is 8. The van der Waals surface area contributed by atoms with E-state index in [0.717, 1.165) is 44.5 Å². The van der Waals surface area contributed by atoms with Gasteiger partial charge in [-0.2, -0.15) is 0 Å². The summed E-state index contributed by atoms with van der Waals surface area (Å²) < 4.78 is 5.69. The van der Waals surface area contributed by atoms with Crippen molar-refractivity contribution in [1.29, 1.82) is 0 Å². The molecule has 0 spiro atoms. The van der Waals surface area contributed by atoms with E-state index in [-0.39, 0.29) is 5.54 Å². The van der Waals surface area contributed by atoms with Gasteiger partial charge in [0.1, 0.15) is 0 Å². The molecule has 2 aliphatic heterocycles. The number of hydrogen-bond donors (Lipinski definition) is 3. The average Bonchev–Trinajstić information content (AvgIpc) is 2.78. The predicted molar refractivity (Wildman–Crippen MR) is 130 cm³/mol. The highest BCUT2D eigenvalue weighted by Gasteiger charge is 2.34. The highest BCUT2D eigenvalue weighted by Crippen LogP contribution is 2.25. The molecule has 3 N–H and O–H groups in total. The molecule has 0 aromatic heterocycles. The van der Waals surface area contributed by atoms with Gasteiger partial charge < -0.3 is 25.6 Å². The first-order valence-electron chi connectivity index (χ1n) is 12.1. The molecule has 31 heavy (non-hydrogen) atoms. The first-order valence-corrected chi connectivity index (χ1v) is 12.1. The van der Waals surface area contributed by atoms with Gasteiger partial charge in [-0.05, 0) is 44.1 Å². The molecular formula is C25H43N5O. The van der Waals surface area contributed by atoms with E-state index >= 15 is 0 Å². The number of ether oxygens (including phenoxy) is 1. The Morgan fingerprint density at radius 1 is 1.13 bits per heavy atom. The number of piperidine rings is 1. The molecular weight excluding hydrogens is 386 g/mol. The van der Waals surface area contributed by atoms with Gasteiger partial charge in [0.05, 0.1) is 0 Å². The fraction of sp³-hybridized carbons (Fsp3) is 0.720. The van der Waals surface area contributed by atoms with Crippen LogP contribution in [0.1, 0.15) is 58.1 Å². The molecule has 2 saturated heterocycles. The summed E-state index contributed by atoms with van der Waals surface area (Å²) in [6, 6.07) is 11.5. The molecule has 0 radical (unpaired) electrons. The molecule has 0 amide bonds. The molecule has 1 atom stereocenters. The molecule has 174 valence electrons. The van der Waals surface area contributed by atoms with Crippen molar-refractivity contribution in [2.24, 2.45) is 10.9 Å². The zero-order valence-corrected chi connectivity index (χ0v) is 20.0. The van der Waals surface area contributed by atoms with Crippen LogP contribution in [0.5, 0.6) is 0 Å². The molecule has 6 heteroatoms. The summed E-state index contributed by atoms with van der Waals surface area (Å²) >= 11 is 0. The Morgan fingerprint density at radius 3 is 2.42 bits per heavy atom. The van der Waals surface area contributed by atoms with Crippen molar-refractivity contribution in [3.8, 4) is 0 Å². The van der Waals surface area contributed by atoms with E-state index in [9.17, 15) is 0 Å². The largest absolute Gasteiger partial charge is 0.381 e. The number of benzene rings is 1. The summed E-state index contributed by atoms with van der Waals surface area (Å²) in [5.41, 5.74) is 1.33. The third-order valence-corrected chi connectivity index (χ3v) is 6.64. The minimum Gasteiger partial charge on any atom is -0.381 e. The van der Waals surface area contributed by atoms with Crippen molar-refractivity contribution in [3.05, 3.63) is 35.9 Å². The van der Waals surface area contributed by atoms with E-state index in [0.29, 0.717) is 12.1 Å². The number of likely N-dealkylation sites (tertiary alicyclic amines) is 1. The molecule has 1 aromatic carbocycles. The van der Waals surface area contributed by atoms with Crippen LogP contribution in [0, 0.1) is 5.92 Å². The van der Waals surface area contributed by atoms with E-state index in [1.165, 1.54) is 38.0 Å². The fourth-order valence-electron chi connectivity index (χ4n) is 4.84. The predicted octanol–water partition coefficient (Wildman–Crippen LogP) is 3.17. The Labute approximate surface area is 189 Å². The Morgan fingerprint density at radius 2 is 1.81 bits per heavy atom. The lowest BCUT2D eigenvalue weighted by atomic mass is 9.88. The SMILES string of the molecule is CN=C(NCC1(NC(C)c2ccccc2)CCOCC1)NC1CCN(CC(C)C)CC1. The maximum absolute atomic E-state index is 5.69. The van der Waals surface area contributed by atoms with Crippen LogP contribution >= 0.6 is 0 Å². The molecule has 0 saturated carbocycles. The normalized spacial score (nSPS) is 21.8. The van der Waals surface area contributed by atoms with Gasteiger partial charge in [-0.3, -0.25) is 4.99 Å². The van der Waals surface area contributed by atoms with Gasteiger partial charge in [0, 0.05) is 64.1 Å². The van der Waals surface area contributed by atoms with Crippen molar-refractivity contribution in [2.75, 3.05) is 46.4 Å². The fourth-order valence-corrected chi connectivity index (χ4v) is 4.84. The number of guanidine groups is 1. The summed E-state index contributed by atoms with van der Waals surface area (Å²) in [7, 11) is 1.87. The summed E-state index contributed by atoms with van der Waals surface area (Å²) in [5, 5.41) is 11.2. The minimum absolute atomic E-state index is 0.00571. The lowest BCUT2D eigenvalue weighted by molar-refractivity contribution is 0.0354. The third kappa shape index (κ3) is 7.48. The van der Waals surface area contributed by atoms with Gasteiger partial charge in [-0.1, -0.05) is 44.2 Å². The average molecular weight is 430 g/mol. The topological polar surface area (TPSA) is 60.9 Å². The summed E-state index contributed by atoms with van der Waals surface area (Å²) in [5.74, 6) is 1.66. The molecule has 1 aromatic rings. The number of nitrogens with zero attached hydrogens (tertiary/aromatic N) is 2. The van der Waals surface area contributed by atoms with Gasteiger partial charge >= 0.3 is 0 Å². The summed E-state index contributed by atoms with van der Waals surface area (Å²) in [6.07, 6.45) is 4.36. The van der Waals surface area contributed by atoms with Crippen molar-refractivity contribution in [1.82, 2.24) is 20.9 Å². The maximum Gasteiger partial charge on any atom is 0.191 e. The monoisotopic (exact) mass is 429 g/mol. The molecule has 3 rings (SSSR count). The quantitative estimate of drug-likeness (QED) is 0.438. The zero-order valence-electron chi connectivity index (χ0n) is 20.0. The van der Waals surface area contributed by atoms with Crippen LogP contribution in [0.25, 0.3) is 0 Å². The second-order valence-electron chi connectivity index (χ2n) is 9.71. The van der Waals surface area contributed by atoms with E-state index in [4.69, 9.17) is 4.74 Å². The molecule has 0 aliphatic carbocycles. The van der Waals surface area contributed by atoms with E-state index in [2.05, 4.69) is 76.9 Å². The standard InChI is InChI=1S/C25H43N5O/c1-20(2)18-30-14-10-23(11-15-30)28-24(26-4)27-19-25(12-16-31-17-13-25)29-21(3)22-8-6-5-7-9-22/h5-9,20-21,23,29H,10-19H2,1-4H3,(H2,26,27,28). The smallest absolute Gasteiger partial charge is 0.191 e. The second kappa shape index (κ2) is 11.8. The van der Waals surface area contributed by atoms with Gasteiger partial charge in [-0.25, -0.2) is 0 Å². The van der Waals surface area contributed by atoms with Crippen molar-refractivity contribution >= 4 is 5.96 Å². The molecule has 2 heterocycles. The minimum atomic E-state index is 0.00571. The van der Waals surface area contributed by atoms with Crippen LogP contribution in [-0.2, 0) is 4.74 Å². The second-order valence-corrected chi connectivity index (χ2v) is 9.71. The Bertz CT molecular complexity index is 664. The van der Waals surface area contributed by atoms with Gasteiger partial charge in [0.25, 0.3) is 0 Å². The molecule has 2 aliphatic rings.